The predicted molar refractivity (Wildman–Crippen MR) is 60.2 cm³/mol. The first-order chi connectivity index (χ1) is 7.33. The number of ether oxygens (including phenoxy) is 2. The van der Waals surface area contributed by atoms with Crippen LogP contribution in [0.2, 0.25) is 0 Å². The smallest absolute Gasteiger partial charge is 0.231 e. The number of hydrogen-bond donors (Lipinski definition) is 1. The largest absolute Gasteiger partial charge is 0.454 e. The topological polar surface area (TPSA) is 47.6 Å². The Hall–Kier alpha value is -1.42. The summed E-state index contributed by atoms with van der Waals surface area (Å²) in [5, 5.41) is 2.85. The van der Waals surface area contributed by atoms with Crippen molar-refractivity contribution in [3.63, 3.8) is 0 Å². The molecule has 1 amide bonds. The lowest BCUT2D eigenvalue weighted by Crippen LogP contribution is -2.24. The van der Waals surface area contributed by atoms with Crippen molar-refractivity contribution in [1.82, 2.24) is 5.32 Å². The number of halogens is 1. The zero-order valence-electron chi connectivity index (χ0n) is 8.62. The molecule has 2 aliphatic heterocycles. The van der Waals surface area contributed by atoms with Crippen LogP contribution in [0.25, 0.3) is 0 Å². The normalized spacial score (nSPS) is 16.9. The van der Waals surface area contributed by atoms with Gasteiger partial charge in [0, 0.05) is 6.54 Å². The minimum absolute atomic E-state index is 0. The SMILES string of the molecule is Cl.O=C1Cc2cc3c(cc2CCN1)OCO3. The Morgan fingerprint density at radius 2 is 1.81 bits per heavy atom. The number of rotatable bonds is 0. The summed E-state index contributed by atoms with van der Waals surface area (Å²) in [6, 6.07) is 3.90. The number of fused-ring (bicyclic) bond motifs is 2. The van der Waals surface area contributed by atoms with Gasteiger partial charge >= 0.3 is 0 Å². The van der Waals surface area contributed by atoms with Crippen molar-refractivity contribution in [2.75, 3.05) is 13.3 Å². The Balaban J connectivity index is 0.000000963. The van der Waals surface area contributed by atoms with Crippen molar-refractivity contribution >= 4 is 18.3 Å². The summed E-state index contributed by atoms with van der Waals surface area (Å²) in [5.41, 5.74) is 2.23. The van der Waals surface area contributed by atoms with E-state index in [4.69, 9.17) is 9.47 Å². The van der Waals surface area contributed by atoms with Crippen molar-refractivity contribution in [3.05, 3.63) is 23.3 Å². The quantitative estimate of drug-likeness (QED) is 0.739. The molecule has 0 atom stereocenters. The van der Waals surface area contributed by atoms with E-state index in [0.717, 1.165) is 23.5 Å². The number of hydrogen-bond acceptors (Lipinski definition) is 3. The fourth-order valence-corrected chi connectivity index (χ4v) is 2.00. The van der Waals surface area contributed by atoms with E-state index in [0.29, 0.717) is 13.0 Å². The Morgan fingerprint density at radius 3 is 2.56 bits per heavy atom. The molecule has 0 saturated carbocycles. The van der Waals surface area contributed by atoms with Crippen LogP contribution < -0.4 is 14.8 Å². The summed E-state index contributed by atoms with van der Waals surface area (Å²) >= 11 is 0. The van der Waals surface area contributed by atoms with Crippen LogP contribution in [0.1, 0.15) is 11.1 Å². The van der Waals surface area contributed by atoms with Crippen LogP contribution in [-0.4, -0.2) is 19.2 Å². The molecular formula is C11H12ClNO3. The molecule has 16 heavy (non-hydrogen) atoms. The zero-order chi connectivity index (χ0) is 10.3. The zero-order valence-corrected chi connectivity index (χ0v) is 9.43. The lowest BCUT2D eigenvalue weighted by atomic mass is 10.0. The van der Waals surface area contributed by atoms with E-state index in [1.807, 2.05) is 12.1 Å². The molecule has 86 valence electrons. The molecule has 0 spiro atoms. The number of nitrogens with one attached hydrogen (secondary N) is 1. The van der Waals surface area contributed by atoms with Crippen LogP contribution in [0, 0.1) is 0 Å². The Bertz CT molecular complexity index is 433. The second-order valence-corrected chi connectivity index (χ2v) is 3.75. The summed E-state index contributed by atoms with van der Waals surface area (Å²) in [6.45, 7) is 0.982. The second-order valence-electron chi connectivity index (χ2n) is 3.75. The van der Waals surface area contributed by atoms with E-state index < -0.39 is 0 Å². The monoisotopic (exact) mass is 241 g/mol. The highest BCUT2D eigenvalue weighted by Gasteiger charge is 2.20. The first-order valence-electron chi connectivity index (χ1n) is 5.01. The van der Waals surface area contributed by atoms with Crippen molar-refractivity contribution in [2.24, 2.45) is 0 Å². The van der Waals surface area contributed by atoms with Crippen molar-refractivity contribution in [2.45, 2.75) is 12.8 Å². The molecule has 0 unspecified atom stereocenters. The van der Waals surface area contributed by atoms with Crippen LogP contribution in [-0.2, 0) is 17.6 Å². The molecule has 0 saturated heterocycles. The molecule has 0 bridgehead atoms. The van der Waals surface area contributed by atoms with Gasteiger partial charge in [-0.2, -0.15) is 0 Å². The second kappa shape index (κ2) is 4.22. The maximum absolute atomic E-state index is 11.4. The van der Waals surface area contributed by atoms with Gasteiger partial charge in [0.1, 0.15) is 0 Å². The van der Waals surface area contributed by atoms with Gasteiger partial charge in [-0.05, 0) is 29.7 Å². The van der Waals surface area contributed by atoms with Crippen LogP contribution in [0.15, 0.2) is 12.1 Å². The van der Waals surface area contributed by atoms with Crippen LogP contribution in [0.4, 0.5) is 0 Å². The van der Waals surface area contributed by atoms with E-state index in [1.165, 1.54) is 5.56 Å². The Kier molecular flexibility index (Phi) is 2.92. The highest BCUT2D eigenvalue weighted by molar-refractivity contribution is 5.85. The molecule has 2 heterocycles. The average Bonchev–Trinajstić information content (AvgIpc) is 2.57. The highest BCUT2D eigenvalue weighted by atomic mass is 35.5. The standard InChI is InChI=1S/C11H11NO3.ClH/c13-11-5-8-4-10-9(14-6-15-10)3-7(8)1-2-12-11;/h3-4H,1-2,5-6H2,(H,12,13);1H. The van der Waals surface area contributed by atoms with Gasteiger partial charge in [0.05, 0.1) is 6.42 Å². The molecule has 2 aliphatic rings. The molecule has 0 radical (unpaired) electrons. The first kappa shape index (κ1) is 11.1. The molecule has 0 aliphatic carbocycles. The minimum Gasteiger partial charge on any atom is -0.454 e. The van der Waals surface area contributed by atoms with E-state index in [9.17, 15) is 4.79 Å². The van der Waals surface area contributed by atoms with Crippen molar-refractivity contribution in [3.8, 4) is 11.5 Å². The van der Waals surface area contributed by atoms with Gasteiger partial charge in [-0.1, -0.05) is 0 Å². The minimum atomic E-state index is 0. The fourth-order valence-electron chi connectivity index (χ4n) is 2.00. The highest BCUT2D eigenvalue weighted by Crippen LogP contribution is 2.35. The lowest BCUT2D eigenvalue weighted by Gasteiger charge is -2.05. The van der Waals surface area contributed by atoms with Crippen LogP contribution in [0.3, 0.4) is 0 Å². The number of benzene rings is 1. The molecule has 3 rings (SSSR count). The van der Waals surface area contributed by atoms with Gasteiger partial charge < -0.3 is 14.8 Å². The van der Waals surface area contributed by atoms with E-state index in [-0.39, 0.29) is 25.1 Å². The molecular weight excluding hydrogens is 230 g/mol. The number of carbonyl (C=O) groups excluding carboxylic acids is 1. The Morgan fingerprint density at radius 1 is 1.12 bits per heavy atom. The van der Waals surface area contributed by atoms with E-state index >= 15 is 0 Å². The third kappa shape index (κ3) is 1.80. The third-order valence-corrected chi connectivity index (χ3v) is 2.76. The lowest BCUT2D eigenvalue weighted by molar-refractivity contribution is -0.120. The van der Waals surface area contributed by atoms with Crippen molar-refractivity contribution < 1.29 is 14.3 Å². The van der Waals surface area contributed by atoms with E-state index in [2.05, 4.69) is 5.32 Å². The van der Waals surface area contributed by atoms with Gasteiger partial charge in [-0.15, -0.1) is 12.4 Å². The van der Waals surface area contributed by atoms with Gasteiger partial charge in [0.15, 0.2) is 11.5 Å². The average molecular weight is 242 g/mol. The van der Waals surface area contributed by atoms with Crippen LogP contribution in [0.5, 0.6) is 11.5 Å². The molecule has 1 N–H and O–H groups in total. The van der Waals surface area contributed by atoms with Crippen LogP contribution >= 0.6 is 12.4 Å². The van der Waals surface area contributed by atoms with Gasteiger partial charge in [-0.25, -0.2) is 0 Å². The molecule has 0 fully saturated rings. The van der Waals surface area contributed by atoms with Gasteiger partial charge in [0.2, 0.25) is 12.7 Å². The predicted octanol–water partition coefficient (Wildman–Crippen LogP) is 1.05. The molecule has 1 aromatic rings. The van der Waals surface area contributed by atoms with E-state index in [1.54, 1.807) is 0 Å². The number of amides is 1. The third-order valence-electron chi connectivity index (χ3n) is 2.76. The summed E-state index contributed by atoms with van der Waals surface area (Å²) < 4.78 is 10.6. The summed E-state index contributed by atoms with van der Waals surface area (Å²) in [7, 11) is 0. The number of carbonyl (C=O) groups is 1. The molecule has 0 aromatic heterocycles. The maximum atomic E-state index is 11.4. The van der Waals surface area contributed by atoms with Crippen molar-refractivity contribution in [1.29, 1.82) is 0 Å². The Labute approximate surface area is 99.3 Å². The van der Waals surface area contributed by atoms with Gasteiger partial charge in [0.25, 0.3) is 0 Å². The first-order valence-corrected chi connectivity index (χ1v) is 5.01. The maximum Gasteiger partial charge on any atom is 0.231 e. The molecule has 1 aromatic carbocycles. The summed E-state index contributed by atoms with van der Waals surface area (Å²) in [4.78, 5) is 11.4. The van der Waals surface area contributed by atoms with Gasteiger partial charge in [-0.3, -0.25) is 4.79 Å². The molecule has 4 nitrogen and oxygen atoms in total. The fraction of sp³-hybridized carbons (Fsp3) is 0.364. The molecule has 5 heteroatoms. The summed E-state index contributed by atoms with van der Waals surface area (Å²) in [6.07, 6.45) is 1.30. The summed E-state index contributed by atoms with van der Waals surface area (Å²) in [5.74, 6) is 1.62.